The molecule has 4 aliphatic rings. The van der Waals surface area contributed by atoms with E-state index in [1.165, 1.54) is 24.4 Å². The Labute approximate surface area is 281 Å². The van der Waals surface area contributed by atoms with Crippen LogP contribution >= 0.6 is 0 Å². The minimum atomic E-state index is -5.03. The predicted molar refractivity (Wildman–Crippen MR) is 170 cm³/mol. The predicted octanol–water partition coefficient (Wildman–Crippen LogP) is 5.51. The molecule has 0 radical (unpaired) electrons. The van der Waals surface area contributed by atoms with Crippen molar-refractivity contribution in [2.24, 2.45) is 0 Å². The van der Waals surface area contributed by atoms with Crippen LogP contribution in [0.2, 0.25) is 0 Å². The van der Waals surface area contributed by atoms with Crippen molar-refractivity contribution < 1.29 is 41.0 Å². The van der Waals surface area contributed by atoms with Gasteiger partial charge in [0, 0.05) is 43.2 Å². The number of ether oxygens (including phenoxy) is 1. The van der Waals surface area contributed by atoms with E-state index in [1.54, 1.807) is 4.90 Å². The summed E-state index contributed by atoms with van der Waals surface area (Å²) in [5.74, 6) is -1.40. The van der Waals surface area contributed by atoms with Crippen molar-refractivity contribution in [2.45, 2.75) is 62.1 Å². The molecule has 0 spiro atoms. The Bertz CT molecular complexity index is 2090. The van der Waals surface area contributed by atoms with Gasteiger partial charge in [0.15, 0.2) is 5.82 Å². The molecule has 0 aliphatic carbocycles. The van der Waals surface area contributed by atoms with Gasteiger partial charge in [0.05, 0.1) is 28.6 Å². The molecule has 50 heavy (non-hydrogen) atoms. The average molecular weight is 697 g/mol. The second-order valence-electron chi connectivity index (χ2n) is 13.5. The monoisotopic (exact) mass is 696 g/mol. The lowest BCUT2D eigenvalue weighted by atomic mass is 9.95. The van der Waals surface area contributed by atoms with E-state index >= 15 is 4.39 Å². The summed E-state index contributed by atoms with van der Waals surface area (Å²) in [7, 11) is 0. The summed E-state index contributed by atoms with van der Waals surface area (Å²) in [4.78, 5) is 30.3. The van der Waals surface area contributed by atoms with Crippen LogP contribution in [0.15, 0.2) is 30.5 Å². The molecule has 4 aromatic rings. The van der Waals surface area contributed by atoms with Crippen LogP contribution in [0.3, 0.4) is 0 Å². The van der Waals surface area contributed by atoms with Crippen molar-refractivity contribution in [3.8, 4) is 35.4 Å². The number of aromatic nitrogens is 3. The van der Waals surface area contributed by atoms with Crippen molar-refractivity contribution in [3.05, 3.63) is 47.7 Å². The van der Waals surface area contributed by atoms with Crippen LogP contribution in [-0.2, 0) is 4.79 Å². The Hall–Kier alpha value is -4.84. The highest BCUT2D eigenvalue weighted by Crippen LogP contribution is 2.43. The molecule has 15 heteroatoms. The zero-order valence-electron chi connectivity index (χ0n) is 26.5. The number of carbonyl (C=O) groups excluding carboxylic acids is 1. The van der Waals surface area contributed by atoms with E-state index in [0.717, 1.165) is 17.4 Å². The van der Waals surface area contributed by atoms with Gasteiger partial charge in [-0.05, 0) is 55.8 Å². The number of nitrogens with zero attached hydrogens (tertiary/aromatic N) is 6. The molecular weight excluding hydrogens is 666 g/mol. The van der Waals surface area contributed by atoms with Crippen LogP contribution in [0.5, 0.6) is 11.8 Å². The molecule has 2 unspecified atom stereocenters. The number of pyridine rings is 1. The lowest BCUT2D eigenvalue weighted by molar-refractivity contribution is -0.188. The van der Waals surface area contributed by atoms with Gasteiger partial charge in [-0.15, -0.1) is 6.42 Å². The summed E-state index contributed by atoms with van der Waals surface area (Å²) >= 11 is 0. The van der Waals surface area contributed by atoms with Gasteiger partial charge in [-0.3, -0.25) is 14.7 Å². The van der Waals surface area contributed by atoms with Crippen LogP contribution in [0, 0.1) is 24.0 Å². The molecule has 1 N–H and O–H groups in total. The van der Waals surface area contributed by atoms with Gasteiger partial charge >= 0.3 is 18.1 Å². The van der Waals surface area contributed by atoms with Gasteiger partial charge in [-0.1, -0.05) is 12.0 Å². The van der Waals surface area contributed by atoms with E-state index in [0.29, 0.717) is 31.2 Å². The number of amides is 1. The van der Waals surface area contributed by atoms with Crippen molar-refractivity contribution in [3.63, 3.8) is 0 Å². The van der Waals surface area contributed by atoms with Crippen LogP contribution in [-0.4, -0.2) is 98.5 Å². The van der Waals surface area contributed by atoms with E-state index in [-0.39, 0.29) is 83.3 Å². The number of terminal acetylenes is 1. The maximum atomic E-state index is 16.9. The smallest absolute Gasteiger partial charge is 0.471 e. The molecule has 6 heterocycles. The minimum absolute atomic E-state index is 0.00670. The Balaban J connectivity index is 1.25. The van der Waals surface area contributed by atoms with E-state index in [1.807, 2.05) is 4.90 Å². The number of carbonyl (C=O) groups is 1. The third-order valence-corrected chi connectivity index (χ3v) is 10.6. The largest absolute Gasteiger partial charge is 0.508 e. The number of aromatic hydroxyl groups is 1. The molecule has 2 aromatic heterocycles. The lowest BCUT2D eigenvalue weighted by Gasteiger charge is -2.42. The molecule has 2 aromatic carbocycles. The SMILES string of the molecule is C#Cc1c(F)ccc2cc(O)cc(-c3ncc4c(N5CC6CCC(C5)N6C(=O)C(F)(F)F)nc(OC[C@@]56CCCN5C[C@H](F)C6)nc4c3F)c12. The third kappa shape index (κ3) is 5.14. The Kier molecular flexibility index (Phi) is 7.52. The molecule has 4 aliphatic heterocycles. The van der Waals surface area contributed by atoms with E-state index in [4.69, 9.17) is 11.2 Å². The molecule has 8 rings (SSSR count). The molecule has 9 nitrogen and oxygen atoms in total. The van der Waals surface area contributed by atoms with Crippen LogP contribution in [0.25, 0.3) is 32.9 Å². The zero-order valence-corrected chi connectivity index (χ0v) is 26.5. The maximum Gasteiger partial charge on any atom is 0.471 e. The summed E-state index contributed by atoms with van der Waals surface area (Å²) in [5, 5.41) is 11.1. The standard InChI is InChI=1S/C35H30F6N6O3/c1-2-23-26(37)7-4-18-10-22(48)11-24(27(18)23)29-28(38)30-25(13-42-29)31(45-15-20-5-6-21(16-45)47(20)32(49)35(39,40)41)44-33(43-30)50-17-34-8-3-9-46(34)14-19(36)12-34/h1,4,7,10-11,13,19-21,48H,3,5-6,8-9,12,14-17H2/t19-,20?,21?,34+/m1/s1. The average Bonchev–Trinajstić information content (AvgIpc) is 3.69. The second-order valence-corrected chi connectivity index (χ2v) is 13.5. The van der Waals surface area contributed by atoms with E-state index in [2.05, 4.69) is 20.9 Å². The van der Waals surface area contributed by atoms with Crippen molar-refractivity contribution in [2.75, 3.05) is 37.7 Å². The summed E-state index contributed by atoms with van der Waals surface area (Å²) in [6.45, 7) is 0.976. The highest BCUT2D eigenvalue weighted by Gasteiger charge is 2.52. The number of alkyl halides is 4. The number of phenolic OH excluding ortho intramolecular Hbond substituents is 1. The molecule has 4 fully saturated rings. The molecular formula is C35H30F6N6O3. The van der Waals surface area contributed by atoms with Gasteiger partial charge < -0.3 is 19.6 Å². The molecule has 1 amide bonds. The van der Waals surface area contributed by atoms with Gasteiger partial charge in [-0.2, -0.15) is 23.1 Å². The third-order valence-electron chi connectivity index (χ3n) is 10.6. The van der Waals surface area contributed by atoms with Crippen molar-refractivity contribution >= 4 is 33.4 Å². The fourth-order valence-electron chi connectivity index (χ4n) is 8.47. The number of hydrogen-bond donors (Lipinski definition) is 1. The molecule has 260 valence electrons. The fourth-order valence-corrected chi connectivity index (χ4v) is 8.47. The summed E-state index contributed by atoms with van der Waals surface area (Å²) in [5.41, 5.74) is -1.28. The maximum absolute atomic E-state index is 16.9. The van der Waals surface area contributed by atoms with Crippen LogP contribution in [0.1, 0.15) is 37.7 Å². The first-order chi connectivity index (χ1) is 23.9. The van der Waals surface area contributed by atoms with Gasteiger partial charge in [0.1, 0.15) is 41.4 Å². The van der Waals surface area contributed by atoms with Gasteiger partial charge in [0.2, 0.25) is 0 Å². The first-order valence-electron chi connectivity index (χ1n) is 16.3. The Morgan fingerprint density at radius 2 is 1.88 bits per heavy atom. The van der Waals surface area contributed by atoms with Gasteiger partial charge in [0.25, 0.3) is 0 Å². The quantitative estimate of drug-likeness (QED) is 0.216. The van der Waals surface area contributed by atoms with Crippen molar-refractivity contribution in [1.29, 1.82) is 0 Å². The topological polar surface area (TPSA) is 94.9 Å². The number of rotatable bonds is 5. The van der Waals surface area contributed by atoms with E-state index in [9.17, 15) is 31.9 Å². The number of fused-ring (bicyclic) bond motifs is 5. The minimum Gasteiger partial charge on any atom is -0.508 e. The van der Waals surface area contributed by atoms with Crippen LogP contribution in [0.4, 0.5) is 32.2 Å². The summed E-state index contributed by atoms with van der Waals surface area (Å²) < 4.78 is 92.7. The van der Waals surface area contributed by atoms with Crippen LogP contribution < -0.4 is 9.64 Å². The normalized spacial score (nSPS) is 25.0. The number of anilines is 1. The number of hydrogen-bond acceptors (Lipinski definition) is 8. The molecule has 2 bridgehead atoms. The highest BCUT2D eigenvalue weighted by atomic mass is 19.4. The molecule has 4 saturated heterocycles. The van der Waals surface area contributed by atoms with Crippen molar-refractivity contribution in [1.82, 2.24) is 24.8 Å². The fraction of sp³-hybridized carbons (Fsp3) is 0.429. The Morgan fingerprint density at radius 1 is 1.12 bits per heavy atom. The number of halogens is 6. The highest BCUT2D eigenvalue weighted by molar-refractivity contribution is 6.03. The number of piperazine rings is 1. The van der Waals surface area contributed by atoms with E-state index < -0.39 is 47.5 Å². The second kappa shape index (κ2) is 11.6. The molecule has 4 atom stereocenters. The first kappa shape index (κ1) is 32.4. The number of benzene rings is 2. The first-order valence-corrected chi connectivity index (χ1v) is 16.3. The van der Waals surface area contributed by atoms with Gasteiger partial charge in [-0.25, -0.2) is 13.2 Å². The summed E-state index contributed by atoms with van der Waals surface area (Å²) in [6.07, 6.45) is 3.36. The molecule has 0 saturated carbocycles. The number of phenols is 1. The summed E-state index contributed by atoms with van der Waals surface area (Å²) in [6, 6.07) is 3.35. The zero-order chi connectivity index (χ0) is 35.1. The lowest BCUT2D eigenvalue weighted by Crippen LogP contribution is -2.59. The Morgan fingerprint density at radius 3 is 2.60 bits per heavy atom.